The fraction of sp³-hybridized carbons (Fsp3) is 0.227. The lowest BCUT2D eigenvalue weighted by Gasteiger charge is -2.13. The normalized spacial score (nSPS) is 14.9. The zero-order valence-corrected chi connectivity index (χ0v) is 17.7. The van der Waals surface area contributed by atoms with Gasteiger partial charge in [0.25, 0.3) is 11.1 Å². The van der Waals surface area contributed by atoms with Gasteiger partial charge in [0.05, 0.1) is 19.1 Å². The molecule has 0 aromatic heterocycles. The fourth-order valence-electron chi connectivity index (χ4n) is 2.93. The van der Waals surface area contributed by atoms with Crippen molar-refractivity contribution in [1.29, 1.82) is 0 Å². The van der Waals surface area contributed by atoms with Gasteiger partial charge >= 0.3 is 0 Å². The highest BCUT2D eigenvalue weighted by atomic mass is 32.2. The minimum absolute atomic E-state index is 0.0195. The van der Waals surface area contributed by atoms with Crippen LogP contribution in [0, 0.1) is 6.92 Å². The van der Waals surface area contributed by atoms with Gasteiger partial charge in [-0.15, -0.1) is 0 Å². The molecule has 156 valence electrons. The van der Waals surface area contributed by atoms with E-state index in [1.807, 2.05) is 25.1 Å². The maximum absolute atomic E-state index is 12.7. The quantitative estimate of drug-likeness (QED) is 0.672. The number of anilines is 1. The highest BCUT2D eigenvalue weighted by Gasteiger charge is 2.35. The first-order chi connectivity index (χ1) is 14.4. The number of carbonyl (C=O) groups is 3. The first-order valence-electron chi connectivity index (χ1n) is 9.26. The Bertz CT molecular complexity index is 1020. The Morgan fingerprint density at radius 2 is 1.83 bits per heavy atom. The van der Waals surface area contributed by atoms with E-state index in [9.17, 15) is 14.4 Å². The second kappa shape index (κ2) is 9.49. The summed E-state index contributed by atoms with van der Waals surface area (Å²) in [6.07, 6.45) is 1.65. The van der Waals surface area contributed by atoms with Crippen molar-refractivity contribution in [3.63, 3.8) is 0 Å². The maximum Gasteiger partial charge on any atom is 0.293 e. The molecule has 0 aliphatic carbocycles. The topological polar surface area (TPSA) is 84.9 Å². The minimum Gasteiger partial charge on any atom is -0.493 e. The van der Waals surface area contributed by atoms with Crippen LogP contribution in [0.1, 0.15) is 17.5 Å². The van der Waals surface area contributed by atoms with Crippen molar-refractivity contribution in [3.05, 3.63) is 58.5 Å². The Labute approximate surface area is 179 Å². The molecular weight excluding hydrogens is 404 g/mol. The third kappa shape index (κ3) is 4.83. The van der Waals surface area contributed by atoms with E-state index in [4.69, 9.17) is 9.47 Å². The Morgan fingerprint density at radius 1 is 1.10 bits per heavy atom. The lowest BCUT2D eigenvalue weighted by molar-refractivity contribution is -0.123. The van der Waals surface area contributed by atoms with E-state index in [1.54, 1.807) is 30.3 Å². The molecule has 1 heterocycles. The predicted molar refractivity (Wildman–Crippen MR) is 117 cm³/mol. The van der Waals surface area contributed by atoms with Gasteiger partial charge in [0.15, 0.2) is 11.5 Å². The Morgan fingerprint density at radius 3 is 2.53 bits per heavy atom. The summed E-state index contributed by atoms with van der Waals surface area (Å²) >= 11 is 0.853. The van der Waals surface area contributed by atoms with Crippen molar-refractivity contribution >= 4 is 40.6 Å². The van der Waals surface area contributed by atoms with Crippen LogP contribution in [0.25, 0.3) is 6.08 Å². The molecule has 0 saturated carbocycles. The zero-order valence-electron chi connectivity index (χ0n) is 16.9. The van der Waals surface area contributed by atoms with Gasteiger partial charge < -0.3 is 14.8 Å². The number of aryl methyl sites for hydroxylation is 1. The van der Waals surface area contributed by atoms with Crippen molar-refractivity contribution in [1.82, 2.24) is 4.90 Å². The molecule has 30 heavy (non-hydrogen) atoms. The Hall–Kier alpha value is -3.26. The third-order valence-corrected chi connectivity index (χ3v) is 5.47. The highest BCUT2D eigenvalue weighted by molar-refractivity contribution is 8.18. The number of ether oxygens (including phenoxy) is 2. The summed E-state index contributed by atoms with van der Waals surface area (Å²) in [4.78, 5) is 38.6. The van der Waals surface area contributed by atoms with Crippen LogP contribution in [-0.2, 0) is 9.59 Å². The molecule has 7 nitrogen and oxygen atoms in total. The number of carbonyl (C=O) groups excluding carboxylic acids is 3. The molecule has 2 aromatic carbocycles. The van der Waals surface area contributed by atoms with Crippen LogP contribution >= 0.6 is 11.8 Å². The second-order valence-corrected chi connectivity index (χ2v) is 7.55. The van der Waals surface area contributed by atoms with Crippen LogP contribution < -0.4 is 14.8 Å². The number of thioether (sulfide) groups is 1. The number of nitrogens with one attached hydrogen (secondary N) is 1. The number of hydrogen-bond acceptors (Lipinski definition) is 6. The van der Waals surface area contributed by atoms with Crippen LogP contribution in [0.5, 0.6) is 11.5 Å². The molecule has 0 spiro atoms. The predicted octanol–water partition coefficient (Wildman–Crippen LogP) is 4.08. The number of benzene rings is 2. The van der Waals surface area contributed by atoms with Crippen LogP contribution in [0.4, 0.5) is 10.5 Å². The maximum atomic E-state index is 12.7. The van der Waals surface area contributed by atoms with Crippen molar-refractivity contribution in [3.8, 4) is 11.5 Å². The first kappa shape index (κ1) is 21.4. The van der Waals surface area contributed by atoms with Crippen molar-refractivity contribution in [2.45, 2.75) is 13.3 Å². The molecule has 1 N–H and O–H groups in total. The monoisotopic (exact) mass is 426 g/mol. The average molecular weight is 426 g/mol. The summed E-state index contributed by atoms with van der Waals surface area (Å²) in [5.74, 6) is 0.427. The fourth-order valence-corrected chi connectivity index (χ4v) is 3.79. The largest absolute Gasteiger partial charge is 0.493 e. The number of amides is 3. The highest BCUT2D eigenvalue weighted by Crippen LogP contribution is 2.34. The van der Waals surface area contributed by atoms with Gasteiger partial charge in [0.1, 0.15) is 0 Å². The average Bonchev–Trinajstić information content (AvgIpc) is 3.00. The molecule has 1 aliphatic heterocycles. The summed E-state index contributed by atoms with van der Waals surface area (Å²) < 4.78 is 10.5. The first-order valence-corrected chi connectivity index (χ1v) is 10.1. The SMILES string of the molecule is COc1ccc(/C=C2/SC(=O)N(CCC(=O)Nc3ccccc3C)C2=O)cc1OC. The lowest BCUT2D eigenvalue weighted by atomic mass is 10.2. The molecule has 0 radical (unpaired) electrons. The van der Waals surface area contributed by atoms with Gasteiger partial charge in [-0.2, -0.15) is 0 Å². The standard InChI is InChI=1S/C22H22N2O5S/c1-14-6-4-5-7-16(14)23-20(25)10-11-24-21(26)19(30-22(24)27)13-15-8-9-17(28-2)18(12-15)29-3/h4-9,12-13H,10-11H2,1-3H3,(H,23,25)/b19-13+. The number of hydrogen-bond donors (Lipinski definition) is 1. The van der Waals surface area contributed by atoms with Gasteiger partial charge in [-0.3, -0.25) is 19.3 Å². The lowest BCUT2D eigenvalue weighted by Crippen LogP contribution is -2.31. The minimum atomic E-state index is -0.413. The van der Waals surface area contributed by atoms with E-state index in [-0.39, 0.29) is 18.9 Å². The molecule has 3 rings (SSSR count). The smallest absolute Gasteiger partial charge is 0.293 e. The molecule has 1 saturated heterocycles. The third-order valence-electron chi connectivity index (χ3n) is 4.56. The molecule has 0 bridgehead atoms. The zero-order chi connectivity index (χ0) is 21.7. The van der Waals surface area contributed by atoms with E-state index in [0.29, 0.717) is 27.7 Å². The molecule has 1 aliphatic rings. The summed E-state index contributed by atoms with van der Waals surface area (Å²) in [5, 5.41) is 2.41. The molecule has 2 aromatic rings. The molecule has 8 heteroatoms. The van der Waals surface area contributed by atoms with Crippen molar-refractivity contribution < 1.29 is 23.9 Å². The van der Waals surface area contributed by atoms with Crippen LogP contribution in [-0.4, -0.2) is 42.7 Å². The van der Waals surface area contributed by atoms with Crippen LogP contribution in [0.2, 0.25) is 0 Å². The molecule has 1 fully saturated rings. The number of methoxy groups -OCH3 is 2. The molecule has 0 unspecified atom stereocenters. The van der Waals surface area contributed by atoms with E-state index in [0.717, 1.165) is 22.2 Å². The van der Waals surface area contributed by atoms with Gasteiger partial charge in [0, 0.05) is 18.7 Å². The number of rotatable bonds is 7. The molecule has 3 amide bonds. The molecule has 0 atom stereocenters. The van der Waals surface area contributed by atoms with Gasteiger partial charge in [-0.1, -0.05) is 24.3 Å². The second-order valence-electron chi connectivity index (χ2n) is 6.56. The van der Waals surface area contributed by atoms with Gasteiger partial charge in [0.2, 0.25) is 5.91 Å². The summed E-state index contributed by atoms with van der Waals surface area (Å²) in [6.45, 7) is 1.91. The number of imide groups is 1. The van der Waals surface area contributed by atoms with Crippen LogP contribution in [0.15, 0.2) is 47.4 Å². The number of para-hydroxylation sites is 1. The van der Waals surface area contributed by atoms with Gasteiger partial charge in [-0.25, -0.2) is 0 Å². The van der Waals surface area contributed by atoms with Gasteiger partial charge in [-0.05, 0) is 54.1 Å². The van der Waals surface area contributed by atoms with E-state index in [1.165, 1.54) is 14.2 Å². The number of nitrogens with zero attached hydrogens (tertiary/aromatic N) is 1. The van der Waals surface area contributed by atoms with E-state index < -0.39 is 11.1 Å². The van der Waals surface area contributed by atoms with E-state index in [2.05, 4.69) is 5.32 Å². The summed E-state index contributed by atoms with van der Waals surface area (Å²) in [7, 11) is 3.07. The Balaban J connectivity index is 1.65. The van der Waals surface area contributed by atoms with Crippen molar-refractivity contribution in [2.75, 3.05) is 26.1 Å². The summed E-state index contributed by atoms with van der Waals surface area (Å²) in [5.41, 5.74) is 2.36. The van der Waals surface area contributed by atoms with E-state index >= 15 is 0 Å². The summed E-state index contributed by atoms with van der Waals surface area (Å²) in [6, 6.07) is 12.6. The van der Waals surface area contributed by atoms with Crippen LogP contribution in [0.3, 0.4) is 0 Å². The Kier molecular flexibility index (Phi) is 6.79. The molecular formula is C22H22N2O5S. The van der Waals surface area contributed by atoms with Crippen molar-refractivity contribution in [2.24, 2.45) is 0 Å².